The molecule has 124 valence electrons. The highest BCUT2D eigenvalue weighted by atomic mass is 32.1. The predicted octanol–water partition coefficient (Wildman–Crippen LogP) is 3.78. The quantitative estimate of drug-likeness (QED) is 0.741. The molecule has 0 fully saturated rings. The van der Waals surface area contributed by atoms with E-state index in [1.807, 2.05) is 48.5 Å². The number of aromatic nitrogens is 1. The molecule has 24 heavy (non-hydrogen) atoms. The summed E-state index contributed by atoms with van der Waals surface area (Å²) < 4.78 is 5.21. The fraction of sp³-hybridized carbons (Fsp3) is 0.222. The van der Waals surface area contributed by atoms with Crippen molar-refractivity contribution < 1.29 is 9.32 Å². The van der Waals surface area contributed by atoms with Crippen LogP contribution in [0.1, 0.15) is 11.1 Å². The number of hydrogen-bond acceptors (Lipinski definition) is 5. The lowest BCUT2D eigenvalue weighted by Gasteiger charge is -2.14. The molecule has 0 saturated heterocycles. The molecule has 6 heteroatoms. The average molecular weight is 341 g/mol. The molecule has 0 aliphatic heterocycles. The number of carbonyl (C=O) groups excluding carboxylic acids is 1. The second-order valence-corrected chi connectivity index (χ2v) is 6.57. The van der Waals surface area contributed by atoms with Crippen LogP contribution in [0.5, 0.6) is 0 Å². The lowest BCUT2D eigenvalue weighted by atomic mass is 10.1. The Balaban J connectivity index is 1.56. The summed E-state index contributed by atoms with van der Waals surface area (Å²) in [6.07, 6.45) is 0. The molecule has 1 amide bonds. The zero-order valence-electron chi connectivity index (χ0n) is 13.7. The fourth-order valence-corrected chi connectivity index (χ4v) is 3.03. The summed E-state index contributed by atoms with van der Waals surface area (Å²) in [7, 11) is 1.91. The SMILES string of the molecule is Cc1ccc(-c2cc(NC(=O)CN(C)Cc3ccsc3)on2)cc1. The van der Waals surface area contributed by atoms with Crippen molar-refractivity contribution in [1.82, 2.24) is 10.1 Å². The Morgan fingerprint density at radius 3 is 2.79 bits per heavy atom. The largest absolute Gasteiger partial charge is 0.338 e. The minimum absolute atomic E-state index is 0.126. The van der Waals surface area contributed by atoms with E-state index >= 15 is 0 Å². The van der Waals surface area contributed by atoms with Crippen LogP contribution in [-0.4, -0.2) is 29.6 Å². The second-order valence-electron chi connectivity index (χ2n) is 5.79. The van der Waals surface area contributed by atoms with Crippen LogP contribution < -0.4 is 5.32 Å². The summed E-state index contributed by atoms with van der Waals surface area (Å²) in [5, 5.41) is 10.9. The van der Waals surface area contributed by atoms with Gasteiger partial charge in [0, 0.05) is 18.2 Å². The van der Waals surface area contributed by atoms with Crippen LogP contribution in [0.3, 0.4) is 0 Å². The molecule has 0 saturated carbocycles. The molecular weight excluding hydrogens is 322 g/mol. The Labute approximate surface area is 144 Å². The zero-order chi connectivity index (χ0) is 16.9. The maximum atomic E-state index is 12.1. The van der Waals surface area contributed by atoms with Crippen molar-refractivity contribution in [2.24, 2.45) is 0 Å². The maximum absolute atomic E-state index is 12.1. The van der Waals surface area contributed by atoms with E-state index in [0.717, 1.165) is 12.1 Å². The first kappa shape index (κ1) is 16.4. The molecule has 3 aromatic rings. The monoisotopic (exact) mass is 341 g/mol. The lowest BCUT2D eigenvalue weighted by molar-refractivity contribution is -0.117. The Morgan fingerprint density at radius 1 is 1.29 bits per heavy atom. The smallest absolute Gasteiger partial charge is 0.240 e. The van der Waals surface area contributed by atoms with Crippen molar-refractivity contribution >= 4 is 23.1 Å². The molecule has 0 bridgehead atoms. The number of amides is 1. The van der Waals surface area contributed by atoms with Gasteiger partial charge < -0.3 is 4.52 Å². The topological polar surface area (TPSA) is 58.4 Å². The van der Waals surface area contributed by atoms with Crippen molar-refractivity contribution in [3.8, 4) is 11.3 Å². The van der Waals surface area contributed by atoms with Crippen LogP contribution in [0.25, 0.3) is 11.3 Å². The first-order valence-electron chi connectivity index (χ1n) is 7.63. The van der Waals surface area contributed by atoms with Gasteiger partial charge in [0.25, 0.3) is 0 Å². The van der Waals surface area contributed by atoms with Crippen LogP contribution >= 0.6 is 11.3 Å². The minimum Gasteiger partial charge on any atom is -0.338 e. The van der Waals surface area contributed by atoms with E-state index < -0.39 is 0 Å². The molecule has 0 aliphatic carbocycles. The highest BCUT2D eigenvalue weighted by molar-refractivity contribution is 7.07. The minimum atomic E-state index is -0.126. The van der Waals surface area contributed by atoms with E-state index in [9.17, 15) is 4.79 Å². The molecular formula is C18H19N3O2S. The summed E-state index contributed by atoms with van der Waals surface area (Å²) >= 11 is 1.65. The molecule has 0 spiro atoms. The molecule has 1 N–H and O–H groups in total. The van der Waals surface area contributed by atoms with Crippen LogP contribution in [-0.2, 0) is 11.3 Å². The maximum Gasteiger partial charge on any atom is 0.240 e. The van der Waals surface area contributed by atoms with Gasteiger partial charge in [-0.2, -0.15) is 11.3 Å². The summed E-state index contributed by atoms with van der Waals surface area (Å²) in [5.74, 6) is 0.235. The van der Waals surface area contributed by atoms with Gasteiger partial charge in [0.1, 0.15) is 5.69 Å². The first-order chi connectivity index (χ1) is 11.6. The van der Waals surface area contributed by atoms with E-state index in [0.29, 0.717) is 11.6 Å². The van der Waals surface area contributed by atoms with Gasteiger partial charge in [-0.1, -0.05) is 35.0 Å². The number of thiophene rings is 1. The van der Waals surface area contributed by atoms with Gasteiger partial charge in [-0.3, -0.25) is 15.0 Å². The lowest BCUT2D eigenvalue weighted by Crippen LogP contribution is -2.29. The number of benzene rings is 1. The Kier molecular flexibility index (Phi) is 5.08. The van der Waals surface area contributed by atoms with E-state index in [-0.39, 0.29) is 12.5 Å². The Hall–Kier alpha value is -2.44. The van der Waals surface area contributed by atoms with Gasteiger partial charge in [-0.25, -0.2) is 0 Å². The molecule has 0 aliphatic rings. The zero-order valence-corrected chi connectivity index (χ0v) is 14.5. The molecule has 3 rings (SSSR count). The number of hydrogen-bond donors (Lipinski definition) is 1. The highest BCUT2D eigenvalue weighted by Crippen LogP contribution is 2.22. The van der Waals surface area contributed by atoms with Crippen molar-refractivity contribution in [2.75, 3.05) is 18.9 Å². The summed E-state index contributed by atoms with van der Waals surface area (Å²) in [6.45, 7) is 3.06. The van der Waals surface area contributed by atoms with Crippen LogP contribution in [0, 0.1) is 6.92 Å². The van der Waals surface area contributed by atoms with Crippen molar-refractivity contribution in [3.63, 3.8) is 0 Å². The van der Waals surface area contributed by atoms with E-state index in [1.165, 1.54) is 11.1 Å². The van der Waals surface area contributed by atoms with Crippen molar-refractivity contribution in [2.45, 2.75) is 13.5 Å². The third-order valence-corrected chi connectivity index (χ3v) is 4.30. The van der Waals surface area contributed by atoms with Gasteiger partial charge in [0.2, 0.25) is 11.8 Å². The van der Waals surface area contributed by atoms with E-state index in [2.05, 4.69) is 21.9 Å². The number of carbonyl (C=O) groups is 1. The van der Waals surface area contributed by atoms with E-state index in [4.69, 9.17) is 4.52 Å². The third kappa shape index (κ3) is 4.31. The molecule has 0 unspecified atom stereocenters. The number of aryl methyl sites for hydroxylation is 1. The number of nitrogens with zero attached hydrogens (tertiary/aromatic N) is 2. The number of likely N-dealkylation sites (N-methyl/N-ethyl adjacent to an activating group) is 1. The molecule has 0 radical (unpaired) electrons. The predicted molar refractivity (Wildman–Crippen MR) is 96.0 cm³/mol. The van der Waals surface area contributed by atoms with Crippen molar-refractivity contribution in [1.29, 1.82) is 0 Å². The molecule has 0 atom stereocenters. The van der Waals surface area contributed by atoms with Crippen LogP contribution in [0.4, 0.5) is 5.88 Å². The second kappa shape index (κ2) is 7.42. The van der Waals surface area contributed by atoms with Crippen molar-refractivity contribution in [3.05, 3.63) is 58.3 Å². The van der Waals surface area contributed by atoms with Gasteiger partial charge in [0.05, 0.1) is 6.54 Å². The molecule has 1 aromatic carbocycles. The van der Waals surface area contributed by atoms with Gasteiger partial charge >= 0.3 is 0 Å². The van der Waals surface area contributed by atoms with Gasteiger partial charge in [-0.05, 0) is 36.4 Å². The summed E-state index contributed by atoms with van der Waals surface area (Å²) in [5.41, 5.74) is 4.05. The third-order valence-electron chi connectivity index (χ3n) is 3.57. The standard InChI is InChI=1S/C18H19N3O2S/c1-13-3-5-15(6-4-13)16-9-18(23-20-16)19-17(22)11-21(2)10-14-7-8-24-12-14/h3-9,12H,10-11H2,1-2H3,(H,19,22). The fourth-order valence-electron chi connectivity index (χ4n) is 2.37. The molecule has 2 aromatic heterocycles. The Morgan fingerprint density at radius 2 is 2.08 bits per heavy atom. The average Bonchev–Trinajstić information content (AvgIpc) is 3.19. The van der Waals surface area contributed by atoms with Crippen LogP contribution in [0.2, 0.25) is 0 Å². The first-order valence-corrected chi connectivity index (χ1v) is 8.57. The number of anilines is 1. The Bertz CT molecular complexity index is 794. The number of nitrogens with one attached hydrogen (secondary N) is 1. The number of rotatable bonds is 6. The molecule has 2 heterocycles. The van der Waals surface area contributed by atoms with E-state index in [1.54, 1.807) is 17.4 Å². The van der Waals surface area contributed by atoms with Gasteiger partial charge in [0.15, 0.2) is 0 Å². The normalized spacial score (nSPS) is 11.0. The summed E-state index contributed by atoms with van der Waals surface area (Å²) in [6, 6.07) is 11.8. The highest BCUT2D eigenvalue weighted by Gasteiger charge is 2.12. The summed E-state index contributed by atoms with van der Waals surface area (Å²) in [4.78, 5) is 14.1. The molecule has 5 nitrogen and oxygen atoms in total. The van der Waals surface area contributed by atoms with Crippen LogP contribution in [0.15, 0.2) is 51.7 Å². The van der Waals surface area contributed by atoms with Gasteiger partial charge in [-0.15, -0.1) is 0 Å².